The van der Waals surface area contributed by atoms with Crippen molar-refractivity contribution in [1.82, 2.24) is 15.1 Å². The van der Waals surface area contributed by atoms with E-state index >= 15 is 0 Å². The van der Waals surface area contributed by atoms with Crippen molar-refractivity contribution in [3.05, 3.63) is 87.3 Å². The maximum absolute atomic E-state index is 13.5. The summed E-state index contributed by atoms with van der Waals surface area (Å²) >= 11 is 6.99. The van der Waals surface area contributed by atoms with Gasteiger partial charge in [0.05, 0.1) is 9.77 Å². The summed E-state index contributed by atoms with van der Waals surface area (Å²) in [4.78, 5) is 41.7. The number of halogens is 2. The quantitative estimate of drug-likeness (QED) is 0.509. The van der Waals surface area contributed by atoms with E-state index in [0.717, 1.165) is 17.4 Å². The van der Waals surface area contributed by atoms with Crippen LogP contribution in [0.15, 0.2) is 70.9 Å². The van der Waals surface area contributed by atoms with Gasteiger partial charge < -0.3 is 15.1 Å². The summed E-state index contributed by atoms with van der Waals surface area (Å²) in [5.41, 5.74) is 0.182. The first-order chi connectivity index (χ1) is 17.2. The highest BCUT2D eigenvalue weighted by atomic mass is 35.5. The number of hydrogen-bond donors (Lipinski definition) is 1. The van der Waals surface area contributed by atoms with Gasteiger partial charge in [0.15, 0.2) is 0 Å². The van der Waals surface area contributed by atoms with Gasteiger partial charge in [-0.05, 0) is 53.9 Å². The van der Waals surface area contributed by atoms with Gasteiger partial charge in [-0.15, -0.1) is 11.3 Å². The minimum absolute atomic E-state index is 0.0431. The molecule has 0 radical (unpaired) electrons. The maximum atomic E-state index is 13.5. The number of sulfone groups is 1. The molecule has 1 saturated heterocycles. The zero-order chi connectivity index (χ0) is 25.9. The van der Waals surface area contributed by atoms with Crippen molar-refractivity contribution >= 4 is 50.5 Å². The molecule has 0 unspecified atom stereocenters. The number of thiophene rings is 1. The molecule has 1 fully saturated rings. The third-order valence-corrected chi connectivity index (χ3v) is 8.62. The molecule has 1 aromatic heterocycles. The molecule has 0 aliphatic carbocycles. The third kappa shape index (κ3) is 5.58. The lowest BCUT2D eigenvalue weighted by atomic mass is 10.1. The van der Waals surface area contributed by atoms with E-state index in [4.69, 9.17) is 11.6 Å². The molecule has 188 valence electrons. The van der Waals surface area contributed by atoms with E-state index in [9.17, 15) is 27.2 Å². The zero-order valence-corrected chi connectivity index (χ0v) is 21.2. The first-order valence-electron chi connectivity index (χ1n) is 10.8. The second-order valence-corrected chi connectivity index (χ2v) is 11.4. The molecule has 8 nitrogen and oxygen atoms in total. The van der Waals surface area contributed by atoms with Crippen molar-refractivity contribution in [2.75, 3.05) is 26.2 Å². The van der Waals surface area contributed by atoms with Gasteiger partial charge in [0.2, 0.25) is 15.2 Å². The second kappa shape index (κ2) is 10.8. The summed E-state index contributed by atoms with van der Waals surface area (Å²) in [6, 6.07) is 13.8. The average Bonchev–Trinajstić information content (AvgIpc) is 3.42. The summed E-state index contributed by atoms with van der Waals surface area (Å²) in [7, 11) is -4.33. The molecule has 3 aromatic rings. The van der Waals surface area contributed by atoms with Crippen molar-refractivity contribution in [3.8, 4) is 0 Å². The highest BCUT2D eigenvalue weighted by Crippen LogP contribution is 2.21. The average molecular weight is 550 g/mol. The maximum Gasteiger partial charge on any atom is 0.262 e. The molecule has 2 heterocycles. The summed E-state index contributed by atoms with van der Waals surface area (Å²) in [5.74, 6) is -2.43. The molecule has 2 aromatic carbocycles. The van der Waals surface area contributed by atoms with Gasteiger partial charge in [0, 0.05) is 36.8 Å². The molecule has 36 heavy (non-hydrogen) atoms. The number of amides is 3. The number of carbonyl (C=O) groups is 3. The molecule has 1 aliphatic heterocycles. The fourth-order valence-corrected chi connectivity index (χ4v) is 5.95. The van der Waals surface area contributed by atoms with Gasteiger partial charge in [-0.25, -0.2) is 12.8 Å². The van der Waals surface area contributed by atoms with Crippen LogP contribution in [0.1, 0.15) is 20.0 Å². The van der Waals surface area contributed by atoms with Gasteiger partial charge >= 0.3 is 0 Å². The van der Waals surface area contributed by atoms with Crippen molar-refractivity contribution in [2.24, 2.45) is 0 Å². The Labute approximate surface area is 216 Å². The zero-order valence-electron chi connectivity index (χ0n) is 18.8. The Bertz CT molecular complexity index is 1370. The number of carbonyl (C=O) groups excluding carboxylic acids is 3. The standard InChI is InChI=1S/C24H21ClFN3O5S2/c25-17-6-8-19(9-7-17)36(33,34)22(27-21(30)20-5-2-14-35-20)24(32)29-12-10-28(11-13-29)23(31)16-3-1-4-18(26)15-16/h1-9,14-15,22H,10-13H2,(H,27,30)/t22-/m0/s1. The Balaban J connectivity index is 1.53. The van der Waals surface area contributed by atoms with Crippen LogP contribution in [0.5, 0.6) is 0 Å². The van der Waals surface area contributed by atoms with Gasteiger partial charge in [-0.2, -0.15) is 0 Å². The van der Waals surface area contributed by atoms with E-state index in [-0.39, 0.29) is 41.5 Å². The number of hydrogen-bond acceptors (Lipinski definition) is 6. The van der Waals surface area contributed by atoms with Crippen molar-refractivity contribution in [3.63, 3.8) is 0 Å². The molecule has 3 amide bonds. The van der Waals surface area contributed by atoms with Gasteiger partial charge in [-0.3, -0.25) is 14.4 Å². The lowest BCUT2D eigenvalue weighted by Crippen LogP contribution is -2.57. The fourth-order valence-electron chi connectivity index (χ4n) is 3.73. The van der Waals surface area contributed by atoms with Crippen LogP contribution in [0, 0.1) is 5.82 Å². The number of nitrogens with zero attached hydrogens (tertiary/aromatic N) is 2. The Morgan fingerprint density at radius 2 is 1.61 bits per heavy atom. The molecule has 4 rings (SSSR count). The van der Waals surface area contributed by atoms with Crippen LogP contribution < -0.4 is 5.32 Å². The largest absolute Gasteiger partial charge is 0.336 e. The van der Waals surface area contributed by atoms with E-state index in [1.807, 2.05) is 0 Å². The molecular formula is C24H21ClFN3O5S2. The molecule has 12 heteroatoms. The molecule has 1 aliphatic rings. The van der Waals surface area contributed by atoms with Gasteiger partial charge in [0.1, 0.15) is 5.82 Å². The minimum atomic E-state index is -4.33. The number of benzene rings is 2. The minimum Gasteiger partial charge on any atom is -0.336 e. The van der Waals surface area contributed by atoms with Crippen LogP contribution in [0.4, 0.5) is 4.39 Å². The first-order valence-corrected chi connectivity index (χ1v) is 13.6. The lowest BCUT2D eigenvalue weighted by Gasteiger charge is -2.36. The second-order valence-electron chi connectivity index (χ2n) is 7.96. The normalized spacial score (nSPS) is 14.8. The van der Waals surface area contributed by atoms with Crippen LogP contribution in [0.3, 0.4) is 0 Å². The van der Waals surface area contributed by atoms with E-state index in [0.29, 0.717) is 5.02 Å². The van der Waals surface area contributed by atoms with Crippen LogP contribution in [-0.4, -0.2) is 67.5 Å². The first kappa shape index (κ1) is 25.8. The van der Waals surface area contributed by atoms with Crippen molar-refractivity contribution in [2.45, 2.75) is 10.3 Å². The van der Waals surface area contributed by atoms with Crippen LogP contribution in [0.2, 0.25) is 5.02 Å². The van der Waals surface area contributed by atoms with Crippen LogP contribution >= 0.6 is 22.9 Å². The van der Waals surface area contributed by atoms with E-state index in [2.05, 4.69) is 5.32 Å². The van der Waals surface area contributed by atoms with E-state index in [1.165, 1.54) is 58.3 Å². The molecule has 1 atom stereocenters. The Kier molecular flexibility index (Phi) is 7.72. The smallest absolute Gasteiger partial charge is 0.262 e. The van der Waals surface area contributed by atoms with E-state index < -0.39 is 38.7 Å². The Morgan fingerprint density at radius 1 is 0.944 bits per heavy atom. The Morgan fingerprint density at radius 3 is 2.22 bits per heavy atom. The molecule has 1 N–H and O–H groups in total. The third-order valence-electron chi connectivity index (χ3n) is 5.63. The SMILES string of the molecule is O=C(N[C@H](C(=O)N1CCN(C(=O)c2cccc(F)c2)CC1)S(=O)(=O)c1ccc(Cl)cc1)c1cccs1. The summed E-state index contributed by atoms with van der Waals surface area (Å²) < 4.78 is 40.4. The Hall–Kier alpha value is -3.28. The predicted molar refractivity (Wildman–Crippen MR) is 133 cm³/mol. The number of piperazine rings is 1. The molecule has 0 saturated carbocycles. The number of rotatable bonds is 6. The summed E-state index contributed by atoms with van der Waals surface area (Å²) in [5, 5.41) is 2.48. The molecule has 0 bridgehead atoms. The van der Waals surface area contributed by atoms with Crippen LogP contribution in [-0.2, 0) is 14.6 Å². The highest BCUT2D eigenvalue weighted by Gasteiger charge is 2.39. The lowest BCUT2D eigenvalue weighted by molar-refractivity contribution is -0.132. The monoisotopic (exact) mass is 549 g/mol. The summed E-state index contributed by atoms with van der Waals surface area (Å²) in [6.07, 6.45) is 0. The van der Waals surface area contributed by atoms with Gasteiger partial charge in [0.25, 0.3) is 17.7 Å². The van der Waals surface area contributed by atoms with Gasteiger partial charge in [-0.1, -0.05) is 23.7 Å². The topological polar surface area (TPSA) is 104 Å². The number of nitrogens with one attached hydrogen (secondary N) is 1. The summed E-state index contributed by atoms with van der Waals surface area (Å²) in [6.45, 7) is 0.324. The van der Waals surface area contributed by atoms with Crippen LogP contribution in [0.25, 0.3) is 0 Å². The van der Waals surface area contributed by atoms with Crippen molar-refractivity contribution < 1.29 is 27.2 Å². The highest BCUT2D eigenvalue weighted by molar-refractivity contribution is 7.92. The molecular weight excluding hydrogens is 529 g/mol. The van der Waals surface area contributed by atoms with E-state index in [1.54, 1.807) is 11.4 Å². The fraction of sp³-hybridized carbons (Fsp3) is 0.208. The molecule has 0 spiro atoms. The van der Waals surface area contributed by atoms with Crippen molar-refractivity contribution in [1.29, 1.82) is 0 Å². The predicted octanol–water partition coefficient (Wildman–Crippen LogP) is 3.06.